The summed E-state index contributed by atoms with van der Waals surface area (Å²) in [5.41, 5.74) is 10.3. The largest absolute Gasteiger partial charge is 0.481 e. The first-order valence-electron chi connectivity index (χ1n) is 19.5. The maximum absolute atomic E-state index is 13.1. The highest BCUT2D eigenvalue weighted by Gasteiger charge is 2.35. The summed E-state index contributed by atoms with van der Waals surface area (Å²) in [5, 5.41) is 26.6. The molecule has 334 valence electrons. The molecule has 1 aliphatic rings. The summed E-state index contributed by atoms with van der Waals surface area (Å²) in [4.78, 5) is 46.5. The number of nitrogens with two attached hydrogens (primary N) is 2. The molecule has 0 saturated heterocycles. The van der Waals surface area contributed by atoms with Crippen LogP contribution in [0.5, 0.6) is 0 Å². The minimum absolute atomic E-state index is 0.0575. The van der Waals surface area contributed by atoms with E-state index in [1.807, 2.05) is 29.7 Å². The molecule has 0 spiro atoms. The van der Waals surface area contributed by atoms with Gasteiger partial charge in [0.2, 0.25) is 15.8 Å². The third kappa shape index (κ3) is 11.3. The number of carboxylic acid groups (broad SMARTS) is 2. The molecular formula is C47H39BrF3N5O8S. The Kier molecular flexibility index (Phi) is 14.4. The van der Waals surface area contributed by atoms with Crippen LogP contribution >= 0.6 is 15.9 Å². The van der Waals surface area contributed by atoms with Gasteiger partial charge in [-0.1, -0.05) is 88.2 Å². The summed E-state index contributed by atoms with van der Waals surface area (Å²) in [6.07, 6.45) is -4.25. The number of hydrogen-bond donors (Lipinski definition) is 4. The summed E-state index contributed by atoms with van der Waals surface area (Å²) in [6, 6.07) is 37.3. The van der Waals surface area contributed by atoms with Gasteiger partial charge in [0.1, 0.15) is 0 Å². The molecular weight excluding hydrogens is 932 g/mol. The van der Waals surface area contributed by atoms with Gasteiger partial charge in [0.05, 0.1) is 34.3 Å². The van der Waals surface area contributed by atoms with Crippen LogP contribution in [0.4, 0.5) is 18.9 Å². The minimum atomic E-state index is -4.61. The zero-order chi connectivity index (χ0) is 47.2. The van der Waals surface area contributed by atoms with E-state index in [-0.39, 0.29) is 40.0 Å². The number of aromatic nitrogens is 3. The predicted octanol–water partition coefficient (Wildman–Crippen LogP) is 8.69. The molecule has 0 bridgehead atoms. The number of nitrogens with zero attached hydrogens (tertiary/aromatic N) is 3. The van der Waals surface area contributed by atoms with Crippen LogP contribution in [0.1, 0.15) is 66.8 Å². The Labute approximate surface area is 378 Å². The number of ketones is 2. The quantitative estimate of drug-likeness (QED) is 0.0755. The Morgan fingerprint density at radius 1 is 0.800 bits per heavy atom. The minimum Gasteiger partial charge on any atom is -0.481 e. The number of halogens is 4. The molecule has 0 radical (unpaired) electrons. The van der Waals surface area contributed by atoms with Gasteiger partial charge in [-0.15, -0.1) is 0 Å². The average molecular weight is 971 g/mol. The van der Waals surface area contributed by atoms with Crippen LogP contribution in [0.2, 0.25) is 0 Å². The van der Waals surface area contributed by atoms with Crippen molar-refractivity contribution in [1.29, 1.82) is 0 Å². The Morgan fingerprint density at radius 2 is 1.43 bits per heavy atom. The summed E-state index contributed by atoms with van der Waals surface area (Å²) in [6.45, 7) is 2.46. The molecule has 1 unspecified atom stereocenters. The van der Waals surface area contributed by atoms with E-state index in [4.69, 9.17) is 21.1 Å². The second-order valence-electron chi connectivity index (χ2n) is 14.7. The molecule has 13 nitrogen and oxygen atoms in total. The van der Waals surface area contributed by atoms with Crippen molar-refractivity contribution in [3.05, 3.63) is 189 Å². The van der Waals surface area contributed by atoms with E-state index in [1.54, 1.807) is 91.0 Å². The second kappa shape index (κ2) is 19.7. The predicted molar refractivity (Wildman–Crippen MR) is 239 cm³/mol. The third-order valence-corrected chi connectivity index (χ3v) is 11.7. The molecule has 1 aliphatic heterocycles. The maximum atomic E-state index is 13.1. The Balaban J connectivity index is 0.000000164. The molecule has 3 heterocycles. The van der Waals surface area contributed by atoms with E-state index in [2.05, 4.69) is 21.0 Å². The lowest BCUT2D eigenvalue weighted by Crippen LogP contribution is -2.12. The lowest BCUT2D eigenvalue weighted by atomic mass is 9.98. The van der Waals surface area contributed by atoms with E-state index in [9.17, 15) is 40.8 Å². The van der Waals surface area contributed by atoms with Crippen molar-refractivity contribution in [1.82, 2.24) is 14.3 Å². The van der Waals surface area contributed by atoms with Crippen molar-refractivity contribution in [2.45, 2.75) is 43.3 Å². The number of nitrogen functional groups attached to an aromatic ring is 1. The molecule has 65 heavy (non-hydrogen) atoms. The number of aryl methyl sites for hydroxylation is 1. The lowest BCUT2D eigenvalue weighted by Gasteiger charge is -2.09. The van der Waals surface area contributed by atoms with Gasteiger partial charge in [0.25, 0.3) is 0 Å². The number of para-hydroxylation sites is 1. The van der Waals surface area contributed by atoms with Gasteiger partial charge in [0.15, 0.2) is 11.5 Å². The molecule has 8 rings (SSSR count). The fourth-order valence-electron chi connectivity index (χ4n) is 6.94. The van der Waals surface area contributed by atoms with Crippen molar-refractivity contribution in [2.75, 3.05) is 5.73 Å². The Bertz CT molecular complexity index is 2990. The van der Waals surface area contributed by atoms with Crippen molar-refractivity contribution in [2.24, 2.45) is 5.14 Å². The number of rotatable bonds is 10. The smallest absolute Gasteiger partial charge is 0.435 e. The number of hydrogen-bond acceptors (Lipinski definition) is 8. The fraction of sp³-hybridized carbons (Fsp3) is 0.128. The SMILES string of the molecule is Cc1ccc(-c2cc(C(F)(F)F)nn2-c2ccc(S(N)(=O)=O)cc2)cc1.Nc1c(CC(=O)O)cccc1C(=O)c1ccc(Br)cc1.O=C(c1ccccc1)c1ccc2n1CCC2C(=O)O. The van der Waals surface area contributed by atoms with Crippen molar-refractivity contribution >= 4 is 55.1 Å². The Morgan fingerprint density at radius 3 is 2.02 bits per heavy atom. The number of alkyl halides is 3. The number of benzene rings is 5. The molecule has 0 aliphatic carbocycles. The summed E-state index contributed by atoms with van der Waals surface area (Å²) < 4.78 is 65.9. The van der Waals surface area contributed by atoms with Gasteiger partial charge >= 0.3 is 18.1 Å². The van der Waals surface area contributed by atoms with Gasteiger partial charge in [-0.05, 0) is 91.7 Å². The molecule has 1 atom stereocenters. The van der Waals surface area contributed by atoms with Crippen LogP contribution in [0, 0.1) is 6.92 Å². The van der Waals surface area contributed by atoms with E-state index in [1.165, 1.54) is 24.3 Å². The van der Waals surface area contributed by atoms with Gasteiger partial charge in [-0.3, -0.25) is 19.2 Å². The normalized spacial score (nSPS) is 13.1. The lowest BCUT2D eigenvalue weighted by molar-refractivity contribution is -0.141. The van der Waals surface area contributed by atoms with Gasteiger partial charge < -0.3 is 20.5 Å². The van der Waals surface area contributed by atoms with Crippen LogP contribution < -0.4 is 10.9 Å². The number of anilines is 1. The van der Waals surface area contributed by atoms with Crippen LogP contribution in [0.15, 0.2) is 149 Å². The molecule has 5 aromatic carbocycles. The highest BCUT2D eigenvalue weighted by molar-refractivity contribution is 9.10. The molecule has 0 saturated carbocycles. The van der Waals surface area contributed by atoms with Crippen molar-refractivity contribution in [3.63, 3.8) is 0 Å². The van der Waals surface area contributed by atoms with E-state index in [0.717, 1.165) is 26.5 Å². The first-order chi connectivity index (χ1) is 30.7. The monoisotopic (exact) mass is 969 g/mol. The van der Waals surface area contributed by atoms with Crippen molar-refractivity contribution in [3.8, 4) is 16.9 Å². The zero-order valence-corrected chi connectivity index (χ0v) is 36.6. The first-order valence-corrected chi connectivity index (χ1v) is 21.9. The topological polar surface area (TPSA) is 218 Å². The van der Waals surface area contributed by atoms with Gasteiger partial charge in [-0.2, -0.15) is 18.3 Å². The number of carbonyl (C=O) groups excluding carboxylic acids is 2. The standard InChI is InChI=1S/C17H14F3N3O2S.C15H12BrNO3.C15H13NO3/c1-11-2-4-12(5-3-11)15-10-16(17(18,19)20)22-23(15)13-6-8-14(9-7-13)26(21,24)25;16-11-6-4-9(5-7-11)15(20)12-3-1-2-10(14(12)17)8-13(18)19;17-14(10-4-2-1-3-5-10)13-7-6-12-11(15(18)19)8-9-16(12)13/h2-10H,1H3,(H2,21,24,25);1-7H,8,17H2,(H,18,19);1-7,11H,8-9H2,(H,18,19). The molecule has 2 aromatic heterocycles. The highest BCUT2D eigenvalue weighted by atomic mass is 79.9. The van der Waals surface area contributed by atoms with Crippen LogP contribution in [0.25, 0.3) is 16.9 Å². The van der Waals surface area contributed by atoms with Gasteiger partial charge in [0, 0.05) is 44.7 Å². The third-order valence-electron chi connectivity index (χ3n) is 10.2. The second-order valence-corrected chi connectivity index (χ2v) is 17.2. The summed E-state index contributed by atoms with van der Waals surface area (Å²) >= 11 is 3.30. The Hall–Kier alpha value is -7.15. The number of carboxylic acids is 2. The molecule has 18 heteroatoms. The van der Waals surface area contributed by atoms with E-state index < -0.39 is 39.8 Å². The first kappa shape index (κ1) is 47.3. The van der Waals surface area contributed by atoms with Crippen LogP contribution in [0.3, 0.4) is 0 Å². The highest BCUT2D eigenvalue weighted by Crippen LogP contribution is 2.34. The van der Waals surface area contributed by atoms with Crippen LogP contribution in [-0.4, -0.2) is 56.5 Å². The summed E-state index contributed by atoms with van der Waals surface area (Å²) in [7, 11) is -3.90. The summed E-state index contributed by atoms with van der Waals surface area (Å²) in [5.74, 6) is -2.57. The van der Waals surface area contributed by atoms with Crippen molar-refractivity contribution < 1.29 is 51.0 Å². The fourth-order valence-corrected chi connectivity index (χ4v) is 7.72. The number of sulfonamides is 1. The zero-order valence-electron chi connectivity index (χ0n) is 34.2. The molecule has 0 fully saturated rings. The van der Waals surface area contributed by atoms with E-state index >= 15 is 0 Å². The van der Waals surface area contributed by atoms with Gasteiger partial charge in [-0.25, -0.2) is 18.2 Å². The number of fused-ring (bicyclic) bond motifs is 1. The number of primary sulfonamides is 1. The van der Waals surface area contributed by atoms with E-state index in [0.29, 0.717) is 46.5 Å². The number of aliphatic carboxylic acids is 2. The molecule has 7 aromatic rings. The van der Waals surface area contributed by atoms with Crippen LogP contribution in [-0.2, 0) is 38.8 Å². The number of carbonyl (C=O) groups is 4. The maximum Gasteiger partial charge on any atom is 0.435 e. The average Bonchev–Trinajstić information content (AvgIpc) is 4.02. The molecule has 6 N–H and O–H groups in total. The molecule has 0 amide bonds.